The first-order chi connectivity index (χ1) is 17.4. The molecule has 3 aromatic rings. The third-order valence-electron chi connectivity index (χ3n) is 5.11. The molecule has 0 atom stereocenters. The summed E-state index contributed by atoms with van der Waals surface area (Å²) in [7, 11) is 3.09. The van der Waals surface area contributed by atoms with Gasteiger partial charge in [-0.25, -0.2) is 4.99 Å². The molecule has 9 heteroatoms. The minimum atomic E-state index is -0.287. The van der Waals surface area contributed by atoms with Crippen molar-refractivity contribution in [2.45, 2.75) is 6.92 Å². The zero-order valence-electron chi connectivity index (χ0n) is 20.0. The molecule has 3 aromatic carbocycles. The standard InChI is InChI=1S/C27H25N3O5S/c1-17-9-11-21(33-2)20(13-17)29-27-30-26(32)24(36-27)15-18-10-12-22(23(14-18)34-3)35-16-25(31)28-19-7-5-4-6-8-19/h4-15H,16H2,1-3H3,(H,28,31)(H,29,30,32)/b24-15-. The Morgan fingerprint density at radius 2 is 1.75 bits per heavy atom. The van der Waals surface area contributed by atoms with Gasteiger partial charge in [0.1, 0.15) is 11.4 Å². The Balaban J connectivity index is 1.45. The molecule has 4 rings (SSSR count). The summed E-state index contributed by atoms with van der Waals surface area (Å²) in [5, 5.41) is 6.02. The van der Waals surface area contributed by atoms with Crippen LogP contribution >= 0.6 is 11.8 Å². The third kappa shape index (κ3) is 6.25. The van der Waals surface area contributed by atoms with Gasteiger partial charge in [-0.05, 0) is 72.3 Å². The lowest BCUT2D eigenvalue weighted by Crippen LogP contribution is -2.20. The van der Waals surface area contributed by atoms with E-state index in [1.807, 2.05) is 43.3 Å². The lowest BCUT2D eigenvalue weighted by molar-refractivity contribution is -0.118. The molecule has 0 radical (unpaired) electrons. The molecule has 2 amide bonds. The largest absolute Gasteiger partial charge is 0.494 e. The maximum Gasteiger partial charge on any atom is 0.264 e. The van der Waals surface area contributed by atoms with Crippen molar-refractivity contribution >= 4 is 46.2 Å². The second-order valence-corrected chi connectivity index (χ2v) is 8.80. The Morgan fingerprint density at radius 3 is 2.50 bits per heavy atom. The summed E-state index contributed by atoms with van der Waals surface area (Å²) in [5.74, 6) is 0.949. The quantitative estimate of drug-likeness (QED) is 0.424. The number of nitrogens with one attached hydrogen (secondary N) is 2. The second kappa shape index (κ2) is 11.5. The van der Waals surface area contributed by atoms with Crippen LogP contribution in [0.25, 0.3) is 6.08 Å². The van der Waals surface area contributed by atoms with Crippen LogP contribution in [0.3, 0.4) is 0 Å². The van der Waals surface area contributed by atoms with E-state index >= 15 is 0 Å². The fraction of sp³-hybridized carbons (Fsp3) is 0.148. The van der Waals surface area contributed by atoms with Crippen LogP contribution in [0.15, 0.2) is 76.6 Å². The number of aryl methyl sites for hydroxylation is 1. The number of amides is 2. The van der Waals surface area contributed by atoms with Gasteiger partial charge in [0.15, 0.2) is 23.3 Å². The van der Waals surface area contributed by atoms with E-state index in [4.69, 9.17) is 14.2 Å². The van der Waals surface area contributed by atoms with E-state index in [2.05, 4.69) is 15.6 Å². The number of anilines is 1. The van der Waals surface area contributed by atoms with Gasteiger partial charge >= 0.3 is 0 Å². The fourth-order valence-corrected chi connectivity index (χ4v) is 4.22. The number of para-hydroxylation sites is 1. The molecule has 184 valence electrons. The zero-order valence-corrected chi connectivity index (χ0v) is 20.8. The van der Waals surface area contributed by atoms with Gasteiger partial charge in [-0.2, -0.15) is 0 Å². The van der Waals surface area contributed by atoms with Crippen molar-refractivity contribution in [3.05, 3.63) is 82.8 Å². The lowest BCUT2D eigenvalue weighted by Gasteiger charge is -2.11. The van der Waals surface area contributed by atoms with E-state index in [-0.39, 0.29) is 18.4 Å². The fourth-order valence-electron chi connectivity index (χ4n) is 3.38. The Hall–Kier alpha value is -4.24. The number of methoxy groups -OCH3 is 2. The smallest absolute Gasteiger partial charge is 0.264 e. The van der Waals surface area contributed by atoms with Gasteiger partial charge in [-0.1, -0.05) is 30.3 Å². The van der Waals surface area contributed by atoms with Gasteiger partial charge < -0.3 is 24.8 Å². The number of benzene rings is 3. The average molecular weight is 504 g/mol. The van der Waals surface area contributed by atoms with Crippen LogP contribution in [0.5, 0.6) is 17.2 Å². The summed E-state index contributed by atoms with van der Waals surface area (Å²) < 4.78 is 16.5. The molecule has 0 aliphatic carbocycles. The first kappa shape index (κ1) is 24.9. The Kier molecular flexibility index (Phi) is 7.92. The van der Waals surface area contributed by atoms with Crippen LogP contribution in [-0.2, 0) is 9.59 Å². The minimum Gasteiger partial charge on any atom is -0.494 e. The number of hydrogen-bond acceptors (Lipinski definition) is 7. The predicted octanol–water partition coefficient (Wildman–Crippen LogP) is 4.92. The van der Waals surface area contributed by atoms with Crippen molar-refractivity contribution < 1.29 is 23.8 Å². The molecule has 0 spiro atoms. The van der Waals surface area contributed by atoms with Crippen molar-refractivity contribution in [3.8, 4) is 17.2 Å². The highest BCUT2D eigenvalue weighted by Crippen LogP contribution is 2.34. The number of thioether (sulfide) groups is 1. The number of rotatable bonds is 8. The molecule has 0 saturated carbocycles. The highest BCUT2D eigenvalue weighted by atomic mass is 32.2. The number of amidine groups is 1. The Bertz CT molecular complexity index is 1340. The first-order valence-electron chi connectivity index (χ1n) is 11.0. The van der Waals surface area contributed by atoms with Gasteiger partial charge in [0.25, 0.3) is 11.8 Å². The number of carbonyl (C=O) groups is 2. The topological polar surface area (TPSA) is 98.3 Å². The lowest BCUT2D eigenvalue weighted by atomic mass is 10.2. The van der Waals surface area contributed by atoms with Gasteiger partial charge in [0.2, 0.25) is 0 Å². The minimum absolute atomic E-state index is 0.174. The molecule has 1 heterocycles. The highest BCUT2D eigenvalue weighted by molar-refractivity contribution is 8.18. The monoisotopic (exact) mass is 503 g/mol. The van der Waals surface area contributed by atoms with Crippen LogP contribution in [0, 0.1) is 6.92 Å². The molecule has 0 aromatic heterocycles. The molecular weight excluding hydrogens is 478 g/mol. The van der Waals surface area contributed by atoms with Gasteiger partial charge in [0.05, 0.1) is 19.1 Å². The van der Waals surface area contributed by atoms with Crippen molar-refractivity contribution in [1.82, 2.24) is 5.32 Å². The molecule has 1 aliphatic heterocycles. The summed E-state index contributed by atoms with van der Waals surface area (Å²) in [6, 6.07) is 20.0. The van der Waals surface area contributed by atoms with Crippen LogP contribution in [0.4, 0.5) is 11.4 Å². The summed E-state index contributed by atoms with van der Waals surface area (Å²) in [4.78, 5) is 29.8. The maximum absolute atomic E-state index is 12.5. The number of aliphatic imine (C=N–C) groups is 1. The van der Waals surface area contributed by atoms with E-state index < -0.39 is 0 Å². The van der Waals surface area contributed by atoms with Gasteiger partial charge in [-0.3, -0.25) is 9.59 Å². The summed E-state index contributed by atoms with van der Waals surface area (Å²) in [6.45, 7) is 1.79. The SMILES string of the molecule is COc1ccc(C)cc1N=C1NC(=O)/C(=C/c2ccc(OCC(=O)Nc3ccccc3)c(OC)c2)S1. The van der Waals surface area contributed by atoms with Crippen LogP contribution in [-0.4, -0.2) is 37.8 Å². The number of hydrogen-bond donors (Lipinski definition) is 2. The maximum atomic E-state index is 12.5. The number of carbonyl (C=O) groups excluding carboxylic acids is 2. The van der Waals surface area contributed by atoms with Crippen molar-refractivity contribution in [3.63, 3.8) is 0 Å². The highest BCUT2D eigenvalue weighted by Gasteiger charge is 2.24. The normalized spacial score (nSPS) is 15.0. The van der Waals surface area contributed by atoms with Crippen molar-refractivity contribution in [2.75, 3.05) is 26.1 Å². The number of nitrogens with zero attached hydrogens (tertiary/aromatic N) is 1. The van der Waals surface area contributed by atoms with E-state index in [0.717, 1.165) is 11.1 Å². The van der Waals surface area contributed by atoms with Crippen molar-refractivity contribution in [1.29, 1.82) is 0 Å². The van der Waals surface area contributed by atoms with E-state index in [1.54, 1.807) is 43.5 Å². The third-order valence-corrected chi connectivity index (χ3v) is 6.02. The second-order valence-electron chi connectivity index (χ2n) is 7.77. The molecule has 1 saturated heterocycles. The van der Waals surface area contributed by atoms with E-state index in [1.165, 1.54) is 18.9 Å². The molecule has 36 heavy (non-hydrogen) atoms. The zero-order chi connectivity index (χ0) is 25.5. The van der Waals surface area contributed by atoms with Crippen molar-refractivity contribution in [2.24, 2.45) is 4.99 Å². The van der Waals surface area contributed by atoms with Crippen LogP contribution < -0.4 is 24.8 Å². The van der Waals surface area contributed by atoms with E-state index in [0.29, 0.717) is 38.7 Å². The summed E-state index contributed by atoms with van der Waals surface area (Å²) in [6.07, 6.45) is 1.74. The Labute approximate surface area is 213 Å². The molecule has 0 unspecified atom stereocenters. The first-order valence-corrected chi connectivity index (χ1v) is 11.9. The molecule has 2 N–H and O–H groups in total. The average Bonchev–Trinajstić information content (AvgIpc) is 3.22. The predicted molar refractivity (Wildman–Crippen MR) is 142 cm³/mol. The summed E-state index contributed by atoms with van der Waals surface area (Å²) in [5.41, 5.74) is 3.10. The van der Waals surface area contributed by atoms with Crippen LogP contribution in [0.2, 0.25) is 0 Å². The molecule has 8 nitrogen and oxygen atoms in total. The Morgan fingerprint density at radius 1 is 1.00 bits per heavy atom. The molecular formula is C27H25N3O5S. The molecule has 0 bridgehead atoms. The number of ether oxygens (including phenoxy) is 3. The van der Waals surface area contributed by atoms with Gasteiger partial charge in [-0.15, -0.1) is 0 Å². The van der Waals surface area contributed by atoms with E-state index in [9.17, 15) is 9.59 Å². The molecule has 1 fully saturated rings. The summed E-state index contributed by atoms with van der Waals surface area (Å²) >= 11 is 1.24. The van der Waals surface area contributed by atoms with Crippen LogP contribution in [0.1, 0.15) is 11.1 Å². The van der Waals surface area contributed by atoms with Gasteiger partial charge in [0, 0.05) is 5.69 Å². The molecule has 1 aliphatic rings.